The summed E-state index contributed by atoms with van der Waals surface area (Å²) in [7, 11) is 6.75. The molecule has 36 heavy (non-hydrogen) atoms. The van der Waals surface area contributed by atoms with Crippen LogP contribution in [0.5, 0.6) is 5.75 Å². The predicted octanol–water partition coefficient (Wildman–Crippen LogP) is 5.27. The van der Waals surface area contributed by atoms with Crippen LogP contribution in [0, 0.1) is 12.7 Å². The van der Waals surface area contributed by atoms with Crippen molar-refractivity contribution in [3.8, 4) is 5.75 Å². The van der Waals surface area contributed by atoms with E-state index in [2.05, 4.69) is 27.5 Å². The van der Waals surface area contributed by atoms with Gasteiger partial charge in [0, 0.05) is 49.3 Å². The summed E-state index contributed by atoms with van der Waals surface area (Å²) >= 11 is 0. The molecule has 0 unspecified atom stereocenters. The van der Waals surface area contributed by atoms with Gasteiger partial charge in [-0.15, -0.1) is 0 Å². The molecule has 0 aliphatic carbocycles. The van der Waals surface area contributed by atoms with Crippen LogP contribution in [0.25, 0.3) is 5.57 Å². The average Bonchev–Trinajstić information content (AvgIpc) is 3.48. The Morgan fingerprint density at radius 1 is 1.25 bits per heavy atom. The maximum Gasteiger partial charge on any atom is 0.176 e. The average molecular weight is 496 g/mol. The molecule has 0 bridgehead atoms. The number of aromatic nitrogens is 4. The van der Waals surface area contributed by atoms with Crippen LogP contribution in [-0.2, 0) is 11.8 Å². The summed E-state index contributed by atoms with van der Waals surface area (Å²) in [4.78, 5) is 6.51. The molecule has 0 saturated heterocycles. The van der Waals surface area contributed by atoms with Crippen LogP contribution in [0.3, 0.4) is 0 Å². The Morgan fingerprint density at radius 3 is 2.56 bits per heavy atom. The maximum absolute atomic E-state index is 14.7. The third kappa shape index (κ3) is 5.94. The van der Waals surface area contributed by atoms with Crippen molar-refractivity contribution in [2.45, 2.75) is 34.1 Å². The number of methoxy groups -OCH3 is 2. The van der Waals surface area contributed by atoms with Gasteiger partial charge in [-0.25, -0.2) is 9.38 Å². The van der Waals surface area contributed by atoms with Crippen molar-refractivity contribution in [2.75, 3.05) is 31.5 Å². The summed E-state index contributed by atoms with van der Waals surface area (Å²) in [6.45, 7) is 7.83. The molecule has 10 heteroatoms. The van der Waals surface area contributed by atoms with E-state index < -0.39 is 0 Å². The van der Waals surface area contributed by atoms with Gasteiger partial charge in [-0.2, -0.15) is 10.2 Å². The molecule has 0 spiro atoms. The normalized spacial score (nSPS) is 13.2. The fraction of sp³-hybridized carbons (Fsp3) is 0.346. The summed E-state index contributed by atoms with van der Waals surface area (Å²) < 4.78 is 27.7. The second-order valence-corrected chi connectivity index (χ2v) is 8.39. The zero-order chi connectivity index (χ0) is 26.4. The lowest BCUT2D eigenvalue weighted by Gasteiger charge is -2.22. The Morgan fingerprint density at radius 2 is 2.00 bits per heavy atom. The Kier molecular flexibility index (Phi) is 8.52. The van der Waals surface area contributed by atoms with Crippen LogP contribution in [0.2, 0.25) is 0 Å². The van der Waals surface area contributed by atoms with Crippen molar-refractivity contribution in [3.05, 3.63) is 70.9 Å². The van der Waals surface area contributed by atoms with Crippen molar-refractivity contribution in [1.82, 2.24) is 20.0 Å². The molecule has 3 rings (SSSR count). The van der Waals surface area contributed by atoms with Gasteiger partial charge in [0.05, 0.1) is 26.1 Å². The van der Waals surface area contributed by atoms with E-state index in [-0.39, 0.29) is 5.82 Å². The zero-order valence-electron chi connectivity index (χ0n) is 22.1. The van der Waals surface area contributed by atoms with Gasteiger partial charge in [0.25, 0.3) is 0 Å². The summed E-state index contributed by atoms with van der Waals surface area (Å²) in [5.74, 6) is 2.18. The van der Waals surface area contributed by atoms with Gasteiger partial charge in [-0.05, 0) is 39.3 Å². The first kappa shape index (κ1) is 26.5. The van der Waals surface area contributed by atoms with Gasteiger partial charge in [0.2, 0.25) is 0 Å². The van der Waals surface area contributed by atoms with E-state index in [0.717, 1.165) is 28.8 Å². The number of benzene rings is 1. The van der Waals surface area contributed by atoms with E-state index in [4.69, 9.17) is 14.5 Å². The fourth-order valence-electron chi connectivity index (χ4n) is 3.64. The van der Waals surface area contributed by atoms with E-state index in [1.54, 1.807) is 56.1 Å². The number of halogens is 1. The Hall–Kier alpha value is -4.08. The summed E-state index contributed by atoms with van der Waals surface area (Å²) in [5, 5.41) is 14.9. The first-order valence-electron chi connectivity index (χ1n) is 11.6. The van der Waals surface area contributed by atoms with E-state index in [0.29, 0.717) is 34.7 Å². The highest BCUT2D eigenvalue weighted by molar-refractivity contribution is 5.97. The highest BCUT2D eigenvalue weighted by Gasteiger charge is 2.21. The smallest absolute Gasteiger partial charge is 0.176 e. The van der Waals surface area contributed by atoms with Gasteiger partial charge in [0.15, 0.2) is 17.4 Å². The highest BCUT2D eigenvalue weighted by atomic mass is 19.1. The van der Waals surface area contributed by atoms with E-state index in [1.807, 2.05) is 33.2 Å². The molecule has 0 amide bonds. The van der Waals surface area contributed by atoms with Crippen molar-refractivity contribution in [3.63, 3.8) is 0 Å². The van der Waals surface area contributed by atoms with Gasteiger partial charge < -0.3 is 19.7 Å². The molecule has 2 heterocycles. The number of anilines is 2. The molecule has 192 valence electrons. The van der Waals surface area contributed by atoms with Crippen molar-refractivity contribution in [2.24, 2.45) is 12.0 Å². The lowest BCUT2D eigenvalue weighted by molar-refractivity contribution is 0.306. The Bertz CT molecular complexity index is 1300. The third-order valence-electron chi connectivity index (χ3n) is 5.82. The number of aromatic amines is 1. The molecule has 0 saturated carbocycles. The predicted molar refractivity (Wildman–Crippen MR) is 142 cm³/mol. The highest BCUT2D eigenvalue weighted by Crippen LogP contribution is 2.32. The summed E-state index contributed by atoms with van der Waals surface area (Å²) in [6.07, 6.45) is 4.51. The first-order chi connectivity index (χ1) is 17.2. The molecule has 0 atom stereocenters. The largest absolute Gasteiger partial charge is 0.497 e. The van der Waals surface area contributed by atoms with Gasteiger partial charge in [-0.3, -0.25) is 9.78 Å². The van der Waals surface area contributed by atoms with Crippen LogP contribution < -0.4 is 15.0 Å². The molecular weight excluding hydrogens is 461 g/mol. The lowest BCUT2D eigenvalue weighted by Crippen LogP contribution is -2.25. The minimum atomic E-state index is -0.390. The van der Waals surface area contributed by atoms with Crippen LogP contribution in [0.4, 0.5) is 15.9 Å². The number of aryl methyl sites for hydroxylation is 2. The van der Waals surface area contributed by atoms with E-state index >= 15 is 0 Å². The number of hydrogen-bond acceptors (Lipinski definition) is 6. The number of rotatable bonds is 9. The number of nitrogens with zero attached hydrogens (tertiary/aromatic N) is 5. The second-order valence-electron chi connectivity index (χ2n) is 8.39. The molecule has 0 fully saturated rings. The molecule has 0 aliphatic heterocycles. The molecule has 9 nitrogen and oxygen atoms in total. The van der Waals surface area contributed by atoms with Gasteiger partial charge in [0.1, 0.15) is 17.4 Å². The molecule has 3 aromatic rings. The van der Waals surface area contributed by atoms with E-state index in [9.17, 15) is 4.39 Å². The molecule has 2 N–H and O–H groups in total. The van der Waals surface area contributed by atoms with Gasteiger partial charge in [-0.1, -0.05) is 12.5 Å². The molecular formula is C26H34FN7O2. The number of allylic oxidation sites excluding steroid dienone is 2. The Balaban J connectivity index is 2.20. The lowest BCUT2D eigenvalue weighted by atomic mass is 10.00. The van der Waals surface area contributed by atoms with Crippen LogP contribution in [0.15, 0.2) is 58.8 Å². The molecule has 0 radical (unpaired) electrons. The number of ether oxygens (including phenoxy) is 2. The number of amidine groups is 1. The number of nitrogens with one attached hydrogen (secondary N) is 2. The quantitative estimate of drug-likeness (QED) is 0.182. The Labute approximate surface area is 211 Å². The molecule has 2 aromatic heterocycles. The minimum absolute atomic E-state index is 0.331. The van der Waals surface area contributed by atoms with Crippen molar-refractivity contribution in [1.29, 1.82) is 0 Å². The summed E-state index contributed by atoms with van der Waals surface area (Å²) in [5.41, 5.74) is 4.08. The fourth-order valence-corrected chi connectivity index (χ4v) is 3.64. The van der Waals surface area contributed by atoms with E-state index in [1.165, 1.54) is 6.07 Å². The topological polar surface area (TPSA) is 92.6 Å². The minimum Gasteiger partial charge on any atom is -0.497 e. The molecule has 0 aliphatic rings. The monoisotopic (exact) mass is 495 g/mol. The zero-order valence-corrected chi connectivity index (χ0v) is 22.1. The van der Waals surface area contributed by atoms with Crippen LogP contribution in [-0.4, -0.2) is 47.1 Å². The SMILES string of the molecule is CC/C(C)=C(/C(OC)=C(\N=C(/C)N(C)c1cc(OC)ccc1F)Nc1cc(C)[nH]n1)c1cnn(C)c1. The third-order valence-corrected chi connectivity index (χ3v) is 5.82. The van der Waals surface area contributed by atoms with Crippen LogP contribution in [0.1, 0.15) is 38.4 Å². The first-order valence-corrected chi connectivity index (χ1v) is 11.6. The maximum atomic E-state index is 14.7. The van der Waals surface area contributed by atoms with Crippen molar-refractivity contribution < 1.29 is 13.9 Å². The number of aliphatic imine (C=N–C) groups is 1. The second kappa shape index (κ2) is 11.6. The number of H-pyrrole nitrogens is 1. The number of hydrogen-bond donors (Lipinski definition) is 2. The standard InChI is InChI=1S/C26H34FN7O2/c1-9-16(2)24(19-14-28-33(5)15-19)25(36-8)26(30-23-12-17(3)31-32-23)29-18(4)34(6)22-13-20(35-7)10-11-21(22)27/h10-15H,9H2,1-8H3,(H2,30,31,32)/b24-16+,26-25-,29-18+. The van der Waals surface area contributed by atoms with Gasteiger partial charge >= 0.3 is 0 Å². The summed E-state index contributed by atoms with van der Waals surface area (Å²) in [6, 6.07) is 6.44. The van der Waals surface area contributed by atoms with Crippen molar-refractivity contribution >= 4 is 22.9 Å². The van der Waals surface area contributed by atoms with Crippen LogP contribution >= 0.6 is 0 Å². The molecule has 1 aromatic carbocycles.